The summed E-state index contributed by atoms with van der Waals surface area (Å²) in [6.07, 6.45) is 5.40. The normalized spacial score (nSPS) is 19.5. The number of carbonyl (C=O) groups is 1. The van der Waals surface area contributed by atoms with Gasteiger partial charge in [0.05, 0.1) is 12.4 Å². The third-order valence-electron chi connectivity index (χ3n) is 3.37. The predicted octanol–water partition coefficient (Wildman–Crippen LogP) is 0.719. The summed E-state index contributed by atoms with van der Waals surface area (Å²) < 4.78 is 0. The second-order valence-corrected chi connectivity index (χ2v) is 4.99. The molecule has 0 aliphatic carbocycles. The van der Waals surface area contributed by atoms with E-state index in [0.717, 1.165) is 13.1 Å². The van der Waals surface area contributed by atoms with E-state index < -0.39 is 5.91 Å². The molecule has 0 spiro atoms. The van der Waals surface area contributed by atoms with Crippen LogP contribution in [0.2, 0.25) is 0 Å². The molecule has 1 aliphatic rings. The lowest BCUT2D eigenvalue weighted by atomic mass is 10.1. The summed E-state index contributed by atoms with van der Waals surface area (Å²) in [6, 6.07) is 0. The minimum atomic E-state index is -0.550. The van der Waals surface area contributed by atoms with Crippen LogP contribution in [0.1, 0.15) is 30.3 Å². The molecule has 6 nitrogen and oxygen atoms in total. The van der Waals surface area contributed by atoms with E-state index in [1.807, 2.05) is 0 Å². The van der Waals surface area contributed by atoms with Crippen LogP contribution in [0.5, 0.6) is 0 Å². The fourth-order valence-corrected chi connectivity index (χ4v) is 2.42. The van der Waals surface area contributed by atoms with Crippen molar-refractivity contribution in [3.05, 3.63) is 18.1 Å². The number of anilines is 1. The van der Waals surface area contributed by atoms with Crippen molar-refractivity contribution in [3.8, 4) is 0 Å². The van der Waals surface area contributed by atoms with E-state index >= 15 is 0 Å². The third kappa shape index (κ3) is 3.89. The number of likely N-dealkylation sites (tertiary alicyclic amines) is 1. The number of carbonyl (C=O) groups excluding carboxylic acids is 1. The van der Waals surface area contributed by atoms with Gasteiger partial charge in [-0.3, -0.25) is 9.78 Å². The molecule has 1 fully saturated rings. The molecule has 1 aliphatic heterocycles. The SMILES string of the molecule is CCCN1CC[C@H](CNc2cncc(C(N)=O)n2)C1. The lowest BCUT2D eigenvalue weighted by Gasteiger charge is -2.15. The summed E-state index contributed by atoms with van der Waals surface area (Å²) in [4.78, 5) is 21.6. The second kappa shape index (κ2) is 6.47. The first kappa shape index (κ1) is 13.7. The largest absolute Gasteiger partial charge is 0.368 e. The van der Waals surface area contributed by atoms with Crippen molar-refractivity contribution in [2.75, 3.05) is 31.5 Å². The Balaban J connectivity index is 1.83. The molecule has 1 amide bonds. The summed E-state index contributed by atoms with van der Waals surface area (Å²) in [5, 5.41) is 3.24. The van der Waals surface area contributed by atoms with Crippen LogP contribution in [-0.4, -0.2) is 47.0 Å². The highest BCUT2D eigenvalue weighted by Gasteiger charge is 2.21. The average Bonchev–Trinajstić information content (AvgIpc) is 2.85. The number of hydrogen-bond acceptors (Lipinski definition) is 5. The Kier molecular flexibility index (Phi) is 4.68. The van der Waals surface area contributed by atoms with Gasteiger partial charge in [0.2, 0.25) is 0 Å². The molecule has 0 unspecified atom stereocenters. The van der Waals surface area contributed by atoms with Crippen LogP contribution in [0.3, 0.4) is 0 Å². The van der Waals surface area contributed by atoms with Gasteiger partial charge in [-0.1, -0.05) is 6.92 Å². The Morgan fingerprint density at radius 2 is 2.42 bits per heavy atom. The molecular formula is C13H21N5O. The summed E-state index contributed by atoms with van der Waals surface area (Å²) in [5.41, 5.74) is 5.37. The molecule has 0 bridgehead atoms. The number of nitrogens with one attached hydrogen (secondary N) is 1. The van der Waals surface area contributed by atoms with Gasteiger partial charge in [-0.15, -0.1) is 0 Å². The smallest absolute Gasteiger partial charge is 0.268 e. The molecule has 2 rings (SSSR count). The first-order chi connectivity index (χ1) is 9.19. The Morgan fingerprint density at radius 3 is 3.16 bits per heavy atom. The van der Waals surface area contributed by atoms with Crippen LogP contribution in [0.25, 0.3) is 0 Å². The third-order valence-corrected chi connectivity index (χ3v) is 3.37. The molecule has 0 aromatic carbocycles. The summed E-state index contributed by atoms with van der Waals surface area (Å²) in [6.45, 7) is 6.54. The summed E-state index contributed by atoms with van der Waals surface area (Å²) in [7, 11) is 0. The van der Waals surface area contributed by atoms with Gasteiger partial charge in [0.1, 0.15) is 11.5 Å². The van der Waals surface area contributed by atoms with Crippen molar-refractivity contribution < 1.29 is 4.79 Å². The van der Waals surface area contributed by atoms with Gasteiger partial charge in [-0.05, 0) is 31.8 Å². The minimum absolute atomic E-state index is 0.198. The molecule has 3 N–H and O–H groups in total. The van der Waals surface area contributed by atoms with Crippen LogP contribution in [-0.2, 0) is 0 Å². The van der Waals surface area contributed by atoms with Crippen LogP contribution >= 0.6 is 0 Å². The highest BCUT2D eigenvalue weighted by molar-refractivity contribution is 5.90. The fourth-order valence-electron chi connectivity index (χ4n) is 2.42. The molecule has 6 heteroatoms. The van der Waals surface area contributed by atoms with Gasteiger partial charge in [0.25, 0.3) is 5.91 Å². The topological polar surface area (TPSA) is 84.1 Å². The monoisotopic (exact) mass is 263 g/mol. The number of nitrogens with two attached hydrogens (primary N) is 1. The number of nitrogens with zero attached hydrogens (tertiary/aromatic N) is 3. The highest BCUT2D eigenvalue weighted by atomic mass is 16.1. The van der Waals surface area contributed by atoms with Crippen molar-refractivity contribution in [2.45, 2.75) is 19.8 Å². The molecule has 104 valence electrons. The van der Waals surface area contributed by atoms with E-state index in [1.54, 1.807) is 6.20 Å². The Morgan fingerprint density at radius 1 is 1.58 bits per heavy atom. The number of hydrogen-bond donors (Lipinski definition) is 2. The van der Waals surface area contributed by atoms with Gasteiger partial charge in [-0.2, -0.15) is 0 Å². The number of aromatic nitrogens is 2. The molecule has 19 heavy (non-hydrogen) atoms. The molecule has 1 aromatic rings. The fraction of sp³-hybridized carbons (Fsp3) is 0.615. The minimum Gasteiger partial charge on any atom is -0.368 e. The first-order valence-electron chi connectivity index (χ1n) is 6.77. The maximum Gasteiger partial charge on any atom is 0.268 e. The van der Waals surface area contributed by atoms with E-state index in [2.05, 4.69) is 27.1 Å². The van der Waals surface area contributed by atoms with Gasteiger partial charge < -0.3 is 16.0 Å². The molecular weight excluding hydrogens is 242 g/mol. The number of amides is 1. The molecule has 0 saturated carbocycles. The first-order valence-corrected chi connectivity index (χ1v) is 6.77. The molecule has 0 radical (unpaired) electrons. The molecule has 1 aromatic heterocycles. The number of rotatable bonds is 6. The lowest BCUT2D eigenvalue weighted by molar-refractivity contribution is 0.0995. The van der Waals surface area contributed by atoms with Crippen molar-refractivity contribution in [2.24, 2.45) is 11.7 Å². The van der Waals surface area contributed by atoms with E-state index in [1.165, 1.54) is 32.1 Å². The predicted molar refractivity (Wildman–Crippen MR) is 73.9 cm³/mol. The summed E-state index contributed by atoms with van der Waals surface area (Å²) >= 11 is 0. The van der Waals surface area contributed by atoms with E-state index in [-0.39, 0.29) is 5.69 Å². The zero-order chi connectivity index (χ0) is 13.7. The zero-order valence-electron chi connectivity index (χ0n) is 11.3. The summed E-state index contributed by atoms with van der Waals surface area (Å²) in [5.74, 6) is 0.696. The average molecular weight is 263 g/mol. The van der Waals surface area contributed by atoms with E-state index in [9.17, 15) is 4.79 Å². The quantitative estimate of drug-likeness (QED) is 0.790. The van der Waals surface area contributed by atoms with E-state index in [0.29, 0.717) is 11.7 Å². The van der Waals surface area contributed by atoms with E-state index in [4.69, 9.17) is 5.73 Å². The highest BCUT2D eigenvalue weighted by Crippen LogP contribution is 2.16. The Hall–Kier alpha value is -1.69. The van der Waals surface area contributed by atoms with Gasteiger partial charge >= 0.3 is 0 Å². The standard InChI is InChI=1S/C13H21N5O/c1-2-4-18-5-3-10(9-18)6-16-12-8-15-7-11(17-12)13(14)19/h7-8,10H,2-6,9H2,1H3,(H2,14,19)(H,16,17)/t10-/m1/s1. The number of primary amides is 1. The maximum atomic E-state index is 11.0. The van der Waals surface area contributed by atoms with Crippen LogP contribution < -0.4 is 11.1 Å². The second-order valence-electron chi connectivity index (χ2n) is 4.99. The van der Waals surface area contributed by atoms with Crippen molar-refractivity contribution >= 4 is 11.7 Å². The van der Waals surface area contributed by atoms with Crippen LogP contribution in [0.15, 0.2) is 12.4 Å². The van der Waals surface area contributed by atoms with Crippen LogP contribution in [0.4, 0.5) is 5.82 Å². The zero-order valence-corrected chi connectivity index (χ0v) is 11.3. The Bertz CT molecular complexity index is 437. The van der Waals surface area contributed by atoms with Crippen molar-refractivity contribution in [3.63, 3.8) is 0 Å². The van der Waals surface area contributed by atoms with Crippen molar-refractivity contribution in [1.29, 1.82) is 0 Å². The van der Waals surface area contributed by atoms with Gasteiger partial charge in [0, 0.05) is 13.1 Å². The maximum absolute atomic E-state index is 11.0. The van der Waals surface area contributed by atoms with Crippen molar-refractivity contribution in [1.82, 2.24) is 14.9 Å². The van der Waals surface area contributed by atoms with Gasteiger partial charge in [-0.25, -0.2) is 4.98 Å². The lowest BCUT2D eigenvalue weighted by Crippen LogP contribution is -2.24. The molecule has 1 saturated heterocycles. The van der Waals surface area contributed by atoms with Crippen LogP contribution in [0, 0.1) is 5.92 Å². The molecule has 2 heterocycles. The van der Waals surface area contributed by atoms with Gasteiger partial charge in [0.15, 0.2) is 0 Å². The molecule has 1 atom stereocenters. The Labute approximate surface area is 113 Å².